The molecule has 1 aromatic rings. The lowest BCUT2D eigenvalue weighted by molar-refractivity contribution is 0.0919. The van der Waals surface area contributed by atoms with Crippen LogP contribution in [-0.4, -0.2) is 5.78 Å². The van der Waals surface area contributed by atoms with Crippen molar-refractivity contribution in [3.05, 3.63) is 35.4 Å². The maximum absolute atomic E-state index is 11.9. The van der Waals surface area contributed by atoms with Gasteiger partial charge in [0.05, 0.1) is 0 Å². The van der Waals surface area contributed by atoms with E-state index in [0.29, 0.717) is 17.6 Å². The first kappa shape index (κ1) is 9.14. The van der Waals surface area contributed by atoms with Crippen LogP contribution in [-0.2, 0) is 0 Å². The predicted molar refractivity (Wildman–Crippen MR) is 60.1 cm³/mol. The Morgan fingerprint density at radius 1 is 1.07 bits per heavy atom. The second-order valence-electron chi connectivity index (χ2n) is 4.87. The summed E-state index contributed by atoms with van der Waals surface area (Å²) in [6.07, 6.45) is 5.99. The van der Waals surface area contributed by atoms with Crippen molar-refractivity contribution in [1.29, 1.82) is 0 Å². The van der Waals surface area contributed by atoms with Gasteiger partial charge in [-0.15, -0.1) is 0 Å². The van der Waals surface area contributed by atoms with Gasteiger partial charge in [-0.25, -0.2) is 0 Å². The molecule has 1 saturated carbocycles. The molecule has 1 aromatic carbocycles. The topological polar surface area (TPSA) is 17.1 Å². The van der Waals surface area contributed by atoms with E-state index >= 15 is 0 Å². The highest BCUT2D eigenvalue weighted by Crippen LogP contribution is 2.44. The molecule has 78 valence electrons. The zero-order chi connectivity index (χ0) is 10.3. The third-order valence-corrected chi connectivity index (χ3v) is 4.02. The molecular weight excluding hydrogens is 184 g/mol. The van der Waals surface area contributed by atoms with E-state index in [2.05, 4.69) is 12.1 Å². The SMILES string of the molecule is O=C1C[C@H]2CCCC[C@@H]2c2ccccc21. The largest absolute Gasteiger partial charge is 0.294 e. The van der Waals surface area contributed by atoms with Crippen LogP contribution in [0, 0.1) is 5.92 Å². The van der Waals surface area contributed by atoms with Gasteiger partial charge < -0.3 is 0 Å². The fourth-order valence-electron chi connectivity index (χ4n) is 3.28. The van der Waals surface area contributed by atoms with Crippen LogP contribution in [0.1, 0.15) is 53.9 Å². The maximum atomic E-state index is 11.9. The molecule has 0 bridgehead atoms. The third-order valence-electron chi connectivity index (χ3n) is 4.02. The van der Waals surface area contributed by atoms with Gasteiger partial charge in [0.1, 0.15) is 0 Å². The molecule has 3 rings (SSSR count). The monoisotopic (exact) mass is 200 g/mol. The number of fused-ring (bicyclic) bond motifs is 3. The zero-order valence-electron chi connectivity index (χ0n) is 8.91. The summed E-state index contributed by atoms with van der Waals surface area (Å²) in [5, 5.41) is 0. The normalized spacial score (nSPS) is 29.5. The molecule has 0 aliphatic heterocycles. The van der Waals surface area contributed by atoms with Crippen molar-refractivity contribution in [1.82, 2.24) is 0 Å². The van der Waals surface area contributed by atoms with Crippen molar-refractivity contribution in [2.75, 3.05) is 0 Å². The minimum Gasteiger partial charge on any atom is -0.294 e. The molecule has 1 fully saturated rings. The van der Waals surface area contributed by atoms with E-state index in [9.17, 15) is 4.79 Å². The Balaban J connectivity index is 2.07. The van der Waals surface area contributed by atoms with Crippen LogP contribution >= 0.6 is 0 Å². The minimum atomic E-state index is 0.369. The fraction of sp³-hybridized carbons (Fsp3) is 0.500. The van der Waals surface area contributed by atoms with Gasteiger partial charge >= 0.3 is 0 Å². The molecule has 1 nitrogen and oxygen atoms in total. The van der Waals surface area contributed by atoms with Gasteiger partial charge in [-0.2, -0.15) is 0 Å². The van der Waals surface area contributed by atoms with Crippen LogP contribution < -0.4 is 0 Å². The third kappa shape index (κ3) is 1.41. The molecule has 0 aromatic heterocycles. The summed E-state index contributed by atoms with van der Waals surface area (Å²) in [6.45, 7) is 0. The lowest BCUT2D eigenvalue weighted by Gasteiger charge is -2.36. The summed E-state index contributed by atoms with van der Waals surface area (Å²) < 4.78 is 0. The second-order valence-corrected chi connectivity index (χ2v) is 4.87. The fourth-order valence-corrected chi connectivity index (χ4v) is 3.28. The van der Waals surface area contributed by atoms with E-state index in [1.54, 1.807) is 0 Å². The van der Waals surface area contributed by atoms with Gasteiger partial charge in [0.15, 0.2) is 5.78 Å². The maximum Gasteiger partial charge on any atom is 0.163 e. The average Bonchev–Trinajstić information content (AvgIpc) is 2.30. The first-order valence-corrected chi connectivity index (χ1v) is 5.98. The highest BCUT2D eigenvalue weighted by Gasteiger charge is 2.34. The highest BCUT2D eigenvalue weighted by molar-refractivity contribution is 5.99. The number of hydrogen-bond acceptors (Lipinski definition) is 1. The van der Waals surface area contributed by atoms with Gasteiger partial charge in [-0.3, -0.25) is 4.79 Å². The van der Waals surface area contributed by atoms with Crippen molar-refractivity contribution < 1.29 is 4.79 Å². The molecule has 0 heterocycles. The Morgan fingerprint density at radius 3 is 2.80 bits per heavy atom. The number of carbonyl (C=O) groups excluding carboxylic acids is 1. The van der Waals surface area contributed by atoms with E-state index < -0.39 is 0 Å². The van der Waals surface area contributed by atoms with Crippen LogP contribution in [0.2, 0.25) is 0 Å². The Labute approximate surface area is 90.5 Å². The van der Waals surface area contributed by atoms with E-state index in [4.69, 9.17) is 0 Å². The van der Waals surface area contributed by atoms with E-state index in [1.807, 2.05) is 12.1 Å². The number of carbonyl (C=O) groups is 1. The molecule has 0 unspecified atom stereocenters. The number of ketones is 1. The van der Waals surface area contributed by atoms with Gasteiger partial charge in [0.2, 0.25) is 0 Å². The molecular formula is C14H16O. The summed E-state index contributed by atoms with van der Waals surface area (Å²) >= 11 is 0. The standard InChI is InChI=1S/C14H16O/c15-14-9-10-5-1-2-6-11(10)12-7-3-4-8-13(12)14/h3-4,7-8,10-11H,1-2,5-6,9H2/t10-,11+/m1/s1. The van der Waals surface area contributed by atoms with Gasteiger partial charge in [0.25, 0.3) is 0 Å². The van der Waals surface area contributed by atoms with Crippen LogP contribution in [0.25, 0.3) is 0 Å². The van der Waals surface area contributed by atoms with Crippen molar-refractivity contribution >= 4 is 5.78 Å². The molecule has 0 saturated heterocycles. The zero-order valence-corrected chi connectivity index (χ0v) is 8.91. The Hall–Kier alpha value is -1.11. The van der Waals surface area contributed by atoms with Crippen molar-refractivity contribution in [3.63, 3.8) is 0 Å². The number of benzene rings is 1. The van der Waals surface area contributed by atoms with Crippen LogP contribution in [0.3, 0.4) is 0 Å². The molecule has 2 atom stereocenters. The van der Waals surface area contributed by atoms with Crippen molar-refractivity contribution in [2.45, 2.75) is 38.0 Å². The number of hydrogen-bond donors (Lipinski definition) is 0. The summed E-state index contributed by atoms with van der Waals surface area (Å²) in [5.74, 6) is 1.68. The molecule has 0 radical (unpaired) electrons. The Kier molecular flexibility index (Phi) is 2.12. The predicted octanol–water partition coefficient (Wildman–Crippen LogP) is 3.55. The van der Waals surface area contributed by atoms with E-state index in [-0.39, 0.29) is 0 Å². The lowest BCUT2D eigenvalue weighted by Crippen LogP contribution is -2.27. The molecule has 0 N–H and O–H groups in total. The second kappa shape index (κ2) is 3.48. The summed E-state index contributed by atoms with van der Waals surface area (Å²) in [6, 6.07) is 8.22. The molecule has 1 heteroatoms. The van der Waals surface area contributed by atoms with Crippen LogP contribution in [0.5, 0.6) is 0 Å². The molecule has 2 aliphatic carbocycles. The molecule has 2 aliphatic rings. The minimum absolute atomic E-state index is 0.369. The quantitative estimate of drug-likeness (QED) is 0.626. The first-order chi connectivity index (χ1) is 7.36. The first-order valence-electron chi connectivity index (χ1n) is 5.98. The Bertz CT molecular complexity index is 394. The van der Waals surface area contributed by atoms with Crippen molar-refractivity contribution in [2.24, 2.45) is 5.92 Å². The summed E-state index contributed by atoms with van der Waals surface area (Å²) in [4.78, 5) is 11.9. The van der Waals surface area contributed by atoms with E-state index in [0.717, 1.165) is 12.0 Å². The highest BCUT2D eigenvalue weighted by atomic mass is 16.1. The number of rotatable bonds is 0. The summed E-state index contributed by atoms with van der Waals surface area (Å²) in [7, 11) is 0. The summed E-state index contributed by atoms with van der Waals surface area (Å²) in [5.41, 5.74) is 2.33. The molecule has 0 spiro atoms. The van der Waals surface area contributed by atoms with Crippen LogP contribution in [0.4, 0.5) is 0 Å². The average molecular weight is 200 g/mol. The smallest absolute Gasteiger partial charge is 0.163 e. The molecule has 15 heavy (non-hydrogen) atoms. The van der Waals surface area contributed by atoms with Gasteiger partial charge in [0, 0.05) is 12.0 Å². The number of Topliss-reactive ketones (excluding diaryl/α,β-unsaturated/α-hetero) is 1. The van der Waals surface area contributed by atoms with Gasteiger partial charge in [-0.1, -0.05) is 37.1 Å². The van der Waals surface area contributed by atoms with Gasteiger partial charge in [-0.05, 0) is 30.2 Å². The van der Waals surface area contributed by atoms with Crippen LogP contribution in [0.15, 0.2) is 24.3 Å². The van der Waals surface area contributed by atoms with Crippen molar-refractivity contribution in [3.8, 4) is 0 Å². The Morgan fingerprint density at radius 2 is 1.87 bits per heavy atom. The molecule has 0 amide bonds. The lowest BCUT2D eigenvalue weighted by atomic mass is 9.68. The van der Waals surface area contributed by atoms with E-state index in [1.165, 1.54) is 31.2 Å².